The van der Waals surface area contributed by atoms with E-state index in [-0.39, 0.29) is 23.8 Å². The number of rotatable bonds is 3. The Balaban J connectivity index is 2.41. The van der Waals surface area contributed by atoms with Gasteiger partial charge in [0.25, 0.3) is 0 Å². The third-order valence-corrected chi connectivity index (χ3v) is 4.22. The molecule has 114 valence electrons. The summed E-state index contributed by atoms with van der Waals surface area (Å²) < 4.78 is 0. The lowest BCUT2D eigenvalue weighted by molar-refractivity contribution is -0.146. The number of carbonyl (C=O) groups is 2. The minimum absolute atomic E-state index is 0.103. The molecule has 0 bridgehead atoms. The number of benzene rings is 1. The Hall–Kier alpha value is -1.84. The second-order valence-corrected chi connectivity index (χ2v) is 5.91. The van der Waals surface area contributed by atoms with E-state index >= 15 is 0 Å². The van der Waals surface area contributed by atoms with Gasteiger partial charge in [0.2, 0.25) is 11.8 Å². The number of carbonyl (C=O) groups excluding carboxylic acids is 2. The molecule has 0 radical (unpaired) electrons. The van der Waals surface area contributed by atoms with Crippen molar-refractivity contribution in [3.05, 3.63) is 35.4 Å². The molecule has 2 rings (SSSR count). The fraction of sp³-hybridized carbons (Fsp3) is 0.529. The molecule has 1 heterocycles. The van der Waals surface area contributed by atoms with Gasteiger partial charge in [-0.3, -0.25) is 9.59 Å². The summed E-state index contributed by atoms with van der Waals surface area (Å²) in [5, 5.41) is 0. The van der Waals surface area contributed by atoms with Gasteiger partial charge in [-0.2, -0.15) is 0 Å². The highest BCUT2D eigenvalue weighted by atomic mass is 16.2. The van der Waals surface area contributed by atoms with E-state index in [9.17, 15) is 9.59 Å². The Morgan fingerprint density at radius 3 is 2.43 bits per heavy atom. The number of hydrogen-bond donors (Lipinski definition) is 0. The van der Waals surface area contributed by atoms with E-state index in [4.69, 9.17) is 0 Å². The molecule has 0 N–H and O–H groups in total. The summed E-state index contributed by atoms with van der Waals surface area (Å²) in [4.78, 5) is 28.2. The minimum atomic E-state index is -0.152. The molecule has 1 aromatic rings. The lowest BCUT2D eigenvalue weighted by Crippen LogP contribution is -2.47. The zero-order chi connectivity index (χ0) is 15.6. The molecule has 0 saturated carbocycles. The van der Waals surface area contributed by atoms with E-state index < -0.39 is 0 Å². The zero-order valence-electron chi connectivity index (χ0n) is 13.3. The predicted octanol–water partition coefficient (Wildman–Crippen LogP) is 2.38. The fourth-order valence-corrected chi connectivity index (χ4v) is 3.09. The standard InChI is InChI=1S/C17H24N2O2/c1-5-19-15(20)11-10-14(17(21)18(3)4)16(19)13-8-6-12(2)7-9-13/h6-9,14,16H,5,10-11H2,1-4H3/t14-,16+/m1/s1. The maximum absolute atomic E-state index is 12.5. The van der Waals surface area contributed by atoms with Crippen LogP contribution in [0, 0.1) is 12.8 Å². The maximum Gasteiger partial charge on any atom is 0.227 e. The molecular formula is C17H24N2O2. The van der Waals surface area contributed by atoms with Crippen LogP contribution in [0.3, 0.4) is 0 Å². The molecule has 1 aromatic carbocycles. The van der Waals surface area contributed by atoms with Crippen LogP contribution in [-0.2, 0) is 9.59 Å². The smallest absolute Gasteiger partial charge is 0.227 e. The van der Waals surface area contributed by atoms with Crippen molar-refractivity contribution in [1.82, 2.24) is 9.80 Å². The van der Waals surface area contributed by atoms with Crippen LogP contribution >= 0.6 is 0 Å². The van der Waals surface area contributed by atoms with Gasteiger partial charge in [-0.15, -0.1) is 0 Å². The molecule has 2 atom stereocenters. The van der Waals surface area contributed by atoms with Crippen molar-refractivity contribution in [1.29, 1.82) is 0 Å². The van der Waals surface area contributed by atoms with Gasteiger partial charge in [0, 0.05) is 27.1 Å². The summed E-state index contributed by atoms with van der Waals surface area (Å²) in [5.41, 5.74) is 2.23. The zero-order valence-corrected chi connectivity index (χ0v) is 13.3. The quantitative estimate of drug-likeness (QED) is 0.857. The van der Waals surface area contributed by atoms with E-state index in [0.29, 0.717) is 19.4 Å². The SMILES string of the molecule is CCN1C(=O)CC[C@@H](C(=O)N(C)C)[C@@H]1c1ccc(C)cc1. The van der Waals surface area contributed by atoms with Crippen molar-refractivity contribution in [3.8, 4) is 0 Å². The Bertz CT molecular complexity index is 522. The molecule has 4 nitrogen and oxygen atoms in total. The van der Waals surface area contributed by atoms with E-state index in [1.165, 1.54) is 5.56 Å². The molecule has 1 aliphatic rings. The van der Waals surface area contributed by atoms with Gasteiger partial charge in [-0.25, -0.2) is 0 Å². The van der Waals surface area contributed by atoms with Crippen LogP contribution in [0.1, 0.15) is 36.9 Å². The van der Waals surface area contributed by atoms with Gasteiger partial charge in [0.15, 0.2) is 0 Å². The van der Waals surface area contributed by atoms with Crippen molar-refractivity contribution < 1.29 is 9.59 Å². The predicted molar refractivity (Wildman–Crippen MR) is 82.7 cm³/mol. The van der Waals surface area contributed by atoms with Gasteiger partial charge in [0.05, 0.1) is 12.0 Å². The monoisotopic (exact) mass is 288 g/mol. The van der Waals surface area contributed by atoms with Crippen LogP contribution in [0.25, 0.3) is 0 Å². The van der Waals surface area contributed by atoms with Crippen molar-refractivity contribution in [2.75, 3.05) is 20.6 Å². The highest BCUT2D eigenvalue weighted by molar-refractivity contribution is 5.84. The number of aryl methyl sites for hydroxylation is 1. The summed E-state index contributed by atoms with van der Waals surface area (Å²) in [6, 6.07) is 8.01. The average Bonchev–Trinajstić information content (AvgIpc) is 2.47. The largest absolute Gasteiger partial charge is 0.349 e. The van der Waals surface area contributed by atoms with Crippen LogP contribution < -0.4 is 0 Å². The summed E-state index contributed by atoms with van der Waals surface area (Å²) in [6.07, 6.45) is 1.09. The van der Waals surface area contributed by atoms with E-state index in [1.807, 2.05) is 43.0 Å². The first-order valence-electron chi connectivity index (χ1n) is 7.53. The third-order valence-electron chi connectivity index (χ3n) is 4.22. The summed E-state index contributed by atoms with van der Waals surface area (Å²) in [7, 11) is 3.56. The Morgan fingerprint density at radius 2 is 1.90 bits per heavy atom. The molecule has 0 spiro atoms. The molecule has 0 unspecified atom stereocenters. The Kier molecular flexibility index (Phi) is 4.66. The maximum atomic E-state index is 12.5. The second kappa shape index (κ2) is 6.29. The molecule has 1 saturated heterocycles. The second-order valence-electron chi connectivity index (χ2n) is 5.91. The van der Waals surface area contributed by atoms with E-state index in [2.05, 4.69) is 0 Å². The highest BCUT2D eigenvalue weighted by Crippen LogP contribution is 2.37. The molecule has 0 aromatic heterocycles. The van der Waals surface area contributed by atoms with Gasteiger partial charge in [-0.05, 0) is 25.8 Å². The van der Waals surface area contributed by atoms with Crippen molar-refractivity contribution in [2.45, 2.75) is 32.7 Å². The van der Waals surface area contributed by atoms with Crippen LogP contribution in [0.4, 0.5) is 0 Å². The van der Waals surface area contributed by atoms with Gasteiger partial charge < -0.3 is 9.80 Å². The number of piperidine rings is 1. The molecule has 4 heteroatoms. The average molecular weight is 288 g/mol. The van der Waals surface area contributed by atoms with Gasteiger partial charge in [-0.1, -0.05) is 29.8 Å². The Morgan fingerprint density at radius 1 is 1.29 bits per heavy atom. The molecule has 21 heavy (non-hydrogen) atoms. The van der Waals surface area contributed by atoms with E-state index in [0.717, 1.165) is 5.56 Å². The highest BCUT2D eigenvalue weighted by Gasteiger charge is 2.40. The Labute approximate surface area is 126 Å². The van der Waals surface area contributed by atoms with Crippen molar-refractivity contribution in [3.63, 3.8) is 0 Å². The van der Waals surface area contributed by atoms with Crippen LogP contribution in [0.5, 0.6) is 0 Å². The lowest BCUT2D eigenvalue weighted by atomic mass is 9.83. The first-order chi connectivity index (χ1) is 9.95. The van der Waals surface area contributed by atoms with Crippen LogP contribution in [-0.4, -0.2) is 42.3 Å². The number of amides is 2. The summed E-state index contributed by atoms with van der Waals surface area (Å²) in [5.74, 6) is 0.0952. The number of nitrogens with zero attached hydrogens (tertiary/aromatic N) is 2. The van der Waals surface area contributed by atoms with Gasteiger partial charge >= 0.3 is 0 Å². The molecule has 1 aliphatic heterocycles. The lowest BCUT2D eigenvalue weighted by Gasteiger charge is -2.41. The molecule has 1 fully saturated rings. The molecular weight excluding hydrogens is 264 g/mol. The minimum Gasteiger partial charge on any atom is -0.349 e. The molecule has 2 amide bonds. The third kappa shape index (κ3) is 3.09. The van der Waals surface area contributed by atoms with Crippen molar-refractivity contribution in [2.24, 2.45) is 5.92 Å². The number of likely N-dealkylation sites (tertiary alicyclic amines) is 1. The number of hydrogen-bond acceptors (Lipinski definition) is 2. The molecule has 0 aliphatic carbocycles. The fourth-order valence-electron chi connectivity index (χ4n) is 3.09. The van der Waals surface area contributed by atoms with E-state index in [1.54, 1.807) is 19.0 Å². The van der Waals surface area contributed by atoms with Gasteiger partial charge in [0.1, 0.15) is 0 Å². The summed E-state index contributed by atoms with van der Waals surface area (Å²) >= 11 is 0. The van der Waals surface area contributed by atoms with Crippen molar-refractivity contribution >= 4 is 11.8 Å². The van der Waals surface area contributed by atoms with Crippen LogP contribution in [0.2, 0.25) is 0 Å². The van der Waals surface area contributed by atoms with Crippen LogP contribution in [0.15, 0.2) is 24.3 Å². The first kappa shape index (κ1) is 15.5. The first-order valence-corrected chi connectivity index (χ1v) is 7.53. The summed E-state index contributed by atoms with van der Waals surface area (Å²) in [6.45, 7) is 4.64. The normalized spacial score (nSPS) is 22.3. The topological polar surface area (TPSA) is 40.6 Å².